The van der Waals surface area contributed by atoms with Crippen LogP contribution in [-0.2, 0) is 20.9 Å². The maximum absolute atomic E-state index is 2.67. The van der Waals surface area contributed by atoms with Gasteiger partial charge in [0.25, 0.3) is 0 Å². The van der Waals surface area contributed by atoms with Crippen molar-refractivity contribution < 1.29 is 20.9 Å². The molecule has 0 spiro atoms. The summed E-state index contributed by atoms with van der Waals surface area (Å²) in [6, 6.07) is 18.6. The molecule has 0 fully saturated rings. The van der Waals surface area contributed by atoms with Crippen LogP contribution in [0.15, 0.2) is 90.5 Å². The van der Waals surface area contributed by atoms with Crippen LogP contribution in [-0.4, -0.2) is 5.92 Å². The maximum atomic E-state index is 2.67. The average Bonchev–Trinajstić information content (AvgIpc) is 3.43. The Hall–Kier alpha value is -1.50. The van der Waals surface area contributed by atoms with Gasteiger partial charge in [-0.2, -0.15) is 0 Å². The average molecular weight is 489 g/mol. The van der Waals surface area contributed by atoms with E-state index in [1.165, 1.54) is 36.8 Å². The number of hydrogen-bond donors (Lipinski definition) is 0. The number of rotatable bonds is 7. The van der Waals surface area contributed by atoms with E-state index in [-0.39, 0.29) is 0 Å². The molecule has 0 saturated carbocycles. The summed E-state index contributed by atoms with van der Waals surface area (Å²) in [5, 5.41) is 3.38. The molecule has 0 nitrogen and oxygen atoms in total. The Labute approximate surface area is 191 Å². The molecule has 30 heavy (non-hydrogen) atoms. The first kappa shape index (κ1) is 21.7. The first-order valence-electron chi connectivity index (χ1n) is 11.4. The first-order chi connectivity index (χ1) is 14.6. The second-order valence-corrected chi connectivity index (χ2v) is 23.5. The molecule has 2 aliphatic rings. The van der Waals surface area contributed by atoms with Crippen molar-refractivity contribution in [1.82, 2.24) is 0 Å². The second-order valence-electron chi connectivity index (χ2n) is 8.57. The number of allylic oxidation sites excluding steroid dienone is 8. The fourth-order valence-corrected chi connectivity index (χ4v) is 30.0. The predicted molar refractivity (Wildman–Crippen MR) is 131 cm³/mol. The van der Waals surface area contributed by atoms with Gasteiger partial charge in [-0.05, 0) is 0 Å². The molecule has 2 heteroatoms. The molecule has 0 heterocycles. The van der Waals surface area contributed by atoms with E-state index in [9.17, 15) is 0 Å². The molecule has 0 unspecified atom stereocenters. The zero-order valence-corrected chi connectivity index (χ0v) is 22.4. The van der Waals surface area contributed by atoms with Crippen LogP contribution in [0.1, 0.15) is 50.7 Å². The van der Waals surface area contributed by atoms with Crippen LogP contribution < -0.4 is 10.4 Å². The van der Waals surface area contributed by atoms with E-state index in [2.05, 4.69) is 101 Å². The van der Waals surface area contributed by atoms with Crippen molar-refractivity contribution in [2.24, 2.45) is 0 Å². The summed E-state index contributed by atoms with van der Waals surface area (Å²) in [6.07, 6.45) is 14.7. The summed E-state index contributed by atoms with van der Waals surface area (Å²) < 4.78 is 3.68. The first-order valence-corrected chi connectivity index (χ1v) is 19.8. The Kier molecular flexibility index (Phi) is 7.06. The number of benzene rings is 2. The molecule has 0 atom stereocenters. The molecule has 153 valence electrons. The van der Waals surface area contributed by atoms with Crippen molar-refractivity contribution in [3.8, 4) is 0 Å². The van der Waals surface area contributed by atoms with Crippen molar-refractivity contribution in [2.75, 3.05) is 0 Å². The summed E-state index contributed by atoms with van der Waals surface area (Å²) in [5.74, 6) is -1.33. The van der Waals surface area contributed by atoms with E-state index >= 15 is 0 Å². The third-order valence-corrected chi connectivity index (χ3v) is 28.2. The van der Waals surface area contributed by atoms with Gasteiger partial charge in [0.2, 0.25) is 0 Å². The molecular weight excluding hydrogens is 456 g/mol. The van der Waals surface area contributed by atoms with Gasteiger partial charge in [0.05, 0.1) is 0 Å². The Morgan fingerprint density at radius 3 is 1.93 bits per heavy atom. The van der Waals surface area contributed by atoms with Gasteiger partial charge in [0.1, 0.15) is 0 Å². The summed E-state index contributed by atoms with van der Waals surface area (Å²) >= 11 is -2.08. The van der Waals surface area contributed by atoms with Crippen molar-refractivity contribution in [1.29, 1.82) is 0 Å². The Bertz CT molecular complexity index is 1010. The standard InChI is InChI=1S/C14H15Si.C9H13.C5H5.Zr/c1-11-7-3-5-9-13(11)15-14-10-6-4-8-12(14)2;1-3-8-6-5-7-9(8)4-2;1-2-4-5-3-1;/h3-10,15H,1-2H3;6H,3-4,7H2,1-2H3;1-3H,4H2;. The Balaban J connectivity index is 1.89. The SMILES string of the molecule is CCC1=C(CC)C[C]([Zr]([C]2=CC=CC2)[SiH](c2ccccc2C)c2ccccc2C)=C1. The molecule has 4 rings (SSSR count). The zero-order valence-electron chi connectivity index (χ0n) is 18.8. The van der Waals surface area contributed by atoms with E-state index < -0.39 is 26.8 Å². The summed E-state index contributed by atoms with van der Waals surface area (Å²) in [7, 11) is 0. The fourth-order valence-electron chi connectivity index (χ4n) is 5.11. The molecule has 0 aliphatic heterocycles. The van der Waals surface area contributed by atoms with Gasteiger partial charge >= 0.3 is 192 Å². The summed E-state index contributed by atoms with van der Waals surface area (Å²) in [5.41, 5.74) is 6.35. The topological polar surface area (TPSA) is 0 Å². The minimum atomic E-state index is -2.08. The van der Waals surface area contributed by atoms with Crippen LogP contribution in [0.4, 0.5) is 0 Å². The fraction of sp³-hybridized carbons (Fsp3) is 0.286. The minimum absolute atomic E-state index is 1.18. The monoisotopic (exact) mass is 487 g/mol. The van der Waals surface area contributed by atoms with Gasteiger partial charge in [-0.1, -0.05) is 0 Å². The third kappa shape index (κ3) is 4.27. The van der Waals surface area contributed by atoms with Crippen LogP contribution in [0.2, 0.25) is 0 Å². The molecule has 2 aromatic rings. The van der Waals surface area contributed by atoms with E-state index in [1.54, 1.807) is 21.5 Å². The molecule has 0 amide bonds. The third-order valence-electron chi connectivity index (χ3n) is 6.76. The van der Waals surface area contributed by atoms with Crippen LogP contribution in [0.25, 0.3) is 0 Å². The van der Waals surface area contributed by atoms with Gasteiger partial charge in [-0.15, -0.1) is 0 Å². The summed E-state index contributed by atoms with van der Waals surface area (Å²) in [6.45, 7) is 9.36. The Morgan fingerprint density at radius 1 is 0.833 bits per heavy atom. The Morgan fingerprint density at radius 2 is 1.47 bits per heavy atom. The molecule has 2 aromatic carbocycles. The van der Waals surface area contributed by atoms with Crippen LogP contribution >= 0.6 is 0 Å². The van der Waals surface area contributed by atoms with Gasteiger partial charge in [0, 0.05) is 0 Å². The van der Waals surface area contributed by atoms with Gasteiger partial charge < -0.3 is 0 Å². The molecule has 0 saturated heterocycles. The predicted octanol–water partition coefficient (Wildman–Crippen LogP) is 6.01. The zero-order chi connectivity index (χ0) is 21.1. The molecule has 0 radical (unpaired) electrons. The molecule has 0 aromatic heterocycles. The van der Waals surface area contributed by atoms with Crippen LogP contribution in [0.3, 0.4) is 0 Å². The van der Waals surface area contributed by atoms with E-state index in [0.717, 1.165) is 0 Å². The van der Waals surface area contributed by atoms with Crippen molar-refractivity contribution in [3.63, 3.8) is 0 Å². The van der Waals surface area contributed by atoms with Crippen molar-refractivity contribution in [3.05, 3.63) is 102 Å². The van der Waals surface area contributed by atoms with Gasteiger partial charge in [-0.3, -0.25) is 0 Å². The van der Waals surface area contributed by atoms with Gasteiger partial charge in [0.15, 0.2) is 0 Å². The van der Waals surface area contributed by atoms with E-state index in [0.29, 0.717) is 0 Å². The quantitative estimate of drug-likeness (QED) is 0.419. The normalized spacial score (nSPS) is 15.8. The molecule has 2 aliphatic carbocycles. The molecular formula is C28H33SiZr. The van der Waals surface area contributed by atoms with Gasteiger partial charge in [-0.25, -0.2) is 0 Å². The molecule has 0 bridgehead atoms. The number of aryl methyl sites for hydroxylation is 2. The summed E-state index contributed by atoms with van der Waals surface area (Å²) in [4.78, 5) is 0. The van der Waals surface area contributed by atoms with Crippen LogP contribution in [0, 0.1) is 13.8 Å². The van der Waals surface area contributed by atoms with Crippen molar-refractivity contribution in [2.45, 2.75) is 53.4 Å². The van der Waals surface area contributed by atoms with E-state index in [1.807, 2.05) is 6.56 Å². The molecule has 0 N–H and O–H groups in total. The number of hydrogen-bond acceptors (Lipinski definition) is 0. The van der Waals surface area contributed by atoms with Crippen LogP contribution in [0.5, 0.6) is 0 Å². The van der Waals surface area contributed by atoms with E-state index in [4.69, 9.17) is 0 Å². The second kappa shape index (κ2) is 9.75. The van der Waals surface area contributed by atoms with Crippen molar-refractivity contribution >= 4 is 16.3 Å².